The Morgan fingerprint density at radius 1 is 1.36 bits per heavy atom. The number of alkyl halides is 2. The van der Waals surface area contributed by atoms with Gasteiger partial charge in [0.1, 0.15) is 10.3 Å². The molecule has 1 aromatic carbocycles. The van der Waals surface area contributed by atoms with Gasteiger partial charge in [-0.3, -0.25) is 4.79 Å². The van der Waals surface area contributed by atoms with Gasteiger partial charge < -0.3 is 5.32 Å². The van der Waals surface area contributed by atoms with Gasteiger partial charge in [-0.05, 0) is 43.7 Å². The summed E-state index contributed by atoms with van der Waals surface area (Å²) in [5, 5.41) is 12.7. The average molecular weight is 381 g/mol. The number of amides is 1. The molecule has 0 saturated heterocycles. The van der Waals surface area contributed by atoms with Crippen molar-refractivity contribution in [2.24, 2.45) is 16.7 Å². The number of benzene rings is 1. The SMILES string of the molecule is Cc1ccc(C(C)NC(=O)C(C#N)C(C)(C)C2(C)CC2(Cl)Cl)c(C)c1. The molecule has 1 amide bonds. The molecule has 0 heterocycles. The van der Waals surface area contributed by atoms with Crippen LogP contribution in [0, 0.1) is 41.9 Å². The van der Waals surface area contributed by atoms with E-state index in [9.17, 15) is 10.1 Å². The standard InChI is InChI=1S/C20H26Cl2N2O/c1-12-7-8-15(13(2)9-12)14(3)24-17(25)16(10-23)18(4,5)19(6)11-20(19,21)22/h7-9,14,16H,11H2,1-6H3,(H,24,25). The van der Waals surface area contributed by atoms with Crippen LogP contribution in [0.1, 0.15) is 56.8 Å². The third kappa shape index (κ3) is 3.39. The van der Waals surface area contributed by atoms with Crippen LogP contribution in [0.4, 0.5) is 0 Å². The van der Waals surface area contributed by atoms with E-state index in [2.05, 4.69) is 17.5 Å². The Balaban J connectivity index is 2.19. The Bertz CT molecular complexity index is 736. The second-order valence-electron chi connectivity index (χ2n) is 8.09. The van der Waals surface area contributed by atoms with Gasteiger partial charge in [0.05, 0.1) is 12.1 Å². The van der Waals surface area contributed by atoms with Crippen LogP contribution >= 0.6 is 23.2 Å². The Morgan fingerprint density at radius 2 is 1.92 bits per heavy atom. The summed E-state index contributed by atoms with van der Waals surface area (Å²) < 4.78 is -0.884. The van der Waals surface area contributed by atoms with Crippen LogP contribution in [-0.4, -0.2) is 10.2 Å². The molecular weight excluding hydrogens is 355 g/mol. The summed E-state index contributed by atoms with van der Waals surface area (Å²) in [6.07, 6.45) is 0.578. The normalized spacial score (nSPS) is 24.1. The van der Waals surface area contributed by atoms with Crippen LogP contribution < -0.4 is 5.32 Å². The summed E-state index contributed by atoms with van der Waals surface area (Å²) in [5.74, 6) is -1.11. The highest BCUT2D eigenvalue weighted by molar-refractivity contribution is 6.51. The third-order valence-electron chi connectivity index (χ3n) is 6.04. The molecule has 0 aromatic heterocycles. The van der Waals surface area contributed by atoms with E-state index in [0.29, 0.717) is 6.42 Å². The van der Waals surface area contributed by atoms with Crippen LogP contribution in [0.15, 0.2) is 18.2 Å². The Kier molecular flexibility index (Phi) is 5.21. The number of nitriles is 1. The van der Waals surface area contributed by atoms with Crippen molar-refractivity contribution in [2.45, 2.75) is 58.3 Å². The van der Waals surface area contributed by atoms with Gasteiger partial charge in [0.15, 0.2) is 0 Å². The highest BCUT2D eigenvalue weighted by Gasteiger charge is 2.71. The predicted octanol–water partition coefficient (Wildman–Crippen LogP) is 5.23. The van der Waals surface area contributed by atoms with Crippen molar-refractivity contribution in [1.82, 2.24) is 5.32 Å². The molecule has 1 aliphatic rings. The monoisotopic (exact) mass is 380 g/mol. The first kappa shape index (κ1) is 20.1. The Labute approximate surface area is 160 Å². The molecule has 136 valence electrons. The molecule has 3 nitrogen and oxygen atoms in total. The molecule has 0 radical (unpaired) electrons. The molecule has 0 bridgehead atoms. The van der Waals surface area contributed by atoms with Crippen molar-refractivity contribution < 1.29 is 4.79 Å². The predicted molar refractivity (Wildman–Crippen MR) is 103 cm³/mol. The van der Waals surface area contributed by atoms with Crippen LogP contribution in [0.5, 0.6) is 0 Å². The van der Waals surface area contributed by atoms with Crippen LogP contribution in [0.25, 0.3) is 0 Å². The number of aryl methyl sites for hydroxylation is 2. The fourth-order valence-electron chi connectivity index (χ4n) is 3.65. The quantitative estimate of drug-likeness (QED) is 0.710. The topological polar surface area (TPSA) is 52.9 Å². The third-order valence-corrected chi connectivity index (χ3v) is 7.14. The number of nitrogens with zero attached hydrogens (tertiary/aromatic N) is 1. The van der Waals surface area contributed by atoms with E-state index in [0.717, 1.165) is 11.1 Å². The van der Waals surface area contributed by atoms with Crippen molar-refractivity contribution in [3.63, 3.8) is 0 Å². The molecule has 3 unspecified atom stereocenters. The van der Waals surface area contributed by atoms with Crippen molar-refractivity contribution in [3.05, 3.63) is 34.9 Å². The average Bonchev–Trinajstić information content (AvgIpc) is 2.99. The van der Waals surface area contributed by atoms with Gasteiger partial charge in [-0.2, -0.15) is 5.26 Å². The smallest absolute Gasteiger partial charge is 0.238 e. The maximum atomic E-state index is 12.8. The van der Waals surface area contributed by atoms with Gasteiger partial charge >= 0.3 is 0 Å². The first-order valence-corrected chi connectivity index (χ1v) is 9.28. The van der Waals surface area contributed by atoms with Gasteiger partial charge in [-0.25, -0.2) is 0 Å². The summed E-state index contributed by atoms with van der Waals surface area (Å²) in [4.78, 5) is 12.8. The first-order valence-electron chi connectivity index (χ1n) is 8.52. The summed E-state index contributed by atoms with van der Waals surface area (Å²) >= 11 is 12.6. The van der Waals surface area contributed by atoms with Crippen molar-refractivity contribution >= 4 is 29.1 Å². The molecule has 3 atom stereocenters. The van der Waals surface area contributed by atoms with Crippen molar-refractivity contribution in [2.75, 3.05) is 0 Å². The second kappa shape index (κ2) is 6.49. The number of carbonyl (C=O) groups is 1. The lowest BCUT2D eigenvalue weighted by Gasteiger charge is -2.37. The largest absolute Gasteiger partial charge is 0.348 e. The fraction of sp³-hybridized carbons (Fsp3) is 0.600. The number of hydrogen-bond donors (Lipinski definition) is 1. The molecule has 1 fully saturated rings. The van der Waals surface area contributed by atoms with Crippen molar-refractivity contribution in [3.8, 4) is 6.07 Å². The maximum absolute atomic E-state index is 12.8. The van der Waals surface area contributed by atoms with Gasteiger partial charge in [-0.1, -0.05) is 44.5 Å². The Morgan fingerprint density at radius 3 is 2.36 bits per heavy atom. The minimum Gasteiger partial charge on any atom is -0.348 e. The van der Waals surface area contributed by atoms with Crippen LogP contribution in [0.2, 0.25) is 0 Å². The zero-order chi connectivity index (χ0) is 19.2. The molecule has 1 saturated carbocycles. The van der Waals surface area contributed by atoms with Crippen LogP contribution in [0.3, 0.4) is 0 Å². The summed E-state index contributed by atoms with van der Waals surface area (Å²) in [5.41, 5.74) is 2.24. The number of carbonyl (C=O) groups excluding carboxylic acids is 1. The van der Waals surface area contributed by atoms with E-state index >= 15 is 0 Å². The van der Waals surface area contributed by atoms with E-state index in [-0.39, 0.29) is 11.9 Å². The van der Waals surface area contributed by atoms with E-state index in [1.807, 2.05) is 53.7 Å². The maximum Gasteiger partial charge on any atom is 0.238 e. The molecular formula is C20H26Cl2N2O. The lowest BCUT2D eigenvalue weighted by Crippen LogP contribution is -2.44. The second-order valence-corrected chi connectivity index (χ2v) is 9.57. The summed E-state index contributed by atoms with van der Waals surface area (Å²) in [6.45, 7) is 11.7. The highest BCUT2D eigenvalue weighted by Crippen LogP contribution is 2.73. The van der Waals surface area contributed by atoms with Gasteiger partial charge in [-0.15, -0.1) is 23.2 Å². The molecule has 0 spiro atoms. The minimum absolute atomic E-state index is 0.177. The highest BCUT2D eigenvalue weighted by atomic mass is 35.5. The first-order chi connectivity index (χ1) is 11.4. The molecule has 2 rings (SSSR count). The summed E-state index contributed by atoms with van der Waals surface area (Å²) in [6, 6.07) is 8.13. The Hall–Kier alpha value is -1.24. The molecule has 25 heavy (non-hydrogen) atoms. The summed E-state index contributed by atoms with van der Waals surface area (Å²) in [7, 11) is 0. The van der Waals surface area contributed by atoms with Crippen LogP contribution in [-0.2, 0) is 4.79 Å². The van der Waals surface area contributed by atoms with E-state index < -0.39 is 21.1 Å². The number of halogens is 2. The molecule has 0 aliphatic heterocycles. The molecule has 1 N–H and O–H groups in total. The van der Waals surface area contributed by atoms with E-state index in [4.69, 9.17) is 23.2 Å². The van der Waals surface area contributed by atoms with Gasteiger partial charge in [0.25, 0.3) is 0 Å². The zero-order valence-corrected chi connectivity index (χ0v) is 17.2. The zero-order valence-electron chi connectivity index (χ0n) is 15.7. The lowest BCUT2D eigenvalue weighted by atomic mass is 9.67. The van der Waals surface area contributed by atoms with E-state index in [1.165, 1.54) is 5.56 Å². The lowest BCUT2D eigenvalue weighted by molar-refractivity contribution is -0.128. The minimum atomic E-state index is -0.884. The number of rotatable bonds is 5. The number of hydrogen-bond acceptors (Lipinski definition) is 2. The molecule has 5 heteroatoms. The fourth-order valence-corrected chi connectivity index (χ4v) is 4.67. The van der Waals surface area contributed by atoms with Gasteiger partial charge in [0, 0.05) is 5.41 Å². The van der Waals surface area contributed by atoms with Crippen molar-refractivity contribution in [1.29, 1.82) is 5.26 Å². The van der Waals surface area contributed by atoms with E-state index in [1.54, 1.807) is 0 Å². The van der Waals surface area contributed by atoms with Gasteiger partial charge in [0.2, 0.25) is 5.91 Å². The molecule has 1 aromatic rings. The number of nitrogens with one attached hydrogen (secondary N) is 1. The molecule has 1 aliphatic carbocycles.